The largest absolute Gasteiger partial charge is 0.497 e. The number of methoxy groups -OCH3 is 1. The summed E-state index contributed by atoms with van der Waals surface area (Å²) in [5.41, 5.74) is 1.83. The van der Waals surface area contributed by atoms with Crippen LogP contribution in [-0.4, -0.2) is 22.1 Å². The van der Waals surface area contributed by atoms with Gasteiger partial charge in [-0.2, -0.15) is 15.0 Å². The van der Waals surface area contributed by atoms with Gasteiger partial charge >= 0.3 is 0 Å². The number of rotatable bonds is 3. The van der Waals surface area contributed by atoms with Crippen molar-refractivity contribution in [3.63, 3.8) is 0 Å². The average molecular weight is 285 g/mol. The van der Waals surface area contributed by atoms with E-state index in [1.165, 1.54) is 0 Å². The molecular formula is C11H10Cl2N4O. The quantitative estimate of drug-likeness (QED) is 0.938. The first-order chi connectivity index (χ1) is 8.58. The van der Waals surface area contributed by atoms with E-state index in [4.69, 9.17) is 27.9 Å². The minimum Gasteiger partial charge on any atom is -0.497 e. The van der Waals surface area contributed by atoms with Gasteiger partial charge in [-0.25, -0.2) is 0 Å². The molecule has 0 radical (unpaired) electrons. The predicted molar refractivity (Wildman–Crippen MR) is 70.9 cm³/mol. The van der Waals surface area contributed by atoms with Crippen LogP contribution in [0.15, 0.2) is 18.2 Å². The van der Waals surface area contributed by atoms with E-state index in [9.17, 15) is 0 Å². The number of hydrogen-bond acceptors (Lipinski definition) is 5. The van der Waals surface area contributed by atoms with Crippen LogP contribution >= 0.6 is 23.2 Å². The molecule has 0 atom stereocenters. The van der Waals surface area contributed by atoms with Crippen molar-refractivity contribution in [2.45, 2.75) is 6.92 Å². The second-order valence-corrected chi connectivity index (χ2v) is 4.18. The summed E-state index contributed by atoms with van der Waals surface area (Å²) in [6.45, 7) is 1.95. The Morgan fingerprint density at radius 2 is 1.78 bits per heavy atom. The van der Waals surface area contributed by atoms with Gasteiger partial charge in [0.25, 0.3) is 0 Å². The number of halogens is 2. The van der Waals surface area contributed by atoms with E-state index in [1.54, 1.807) is 7.11 Å². The Kier molecular flexibility index (Phi) is 3.84. The SMILES string of the molecule is COc1ccc(C)c(Nc2nc(Cl)nc(Cl)n2)c1. The summed E-state index contributed by atoms with van der Waals surface area (Å²) in [4.78, 5) is 11.5. The highest BCUT2D eigenvalue weighted by Gasteiger charge is 2.06. The lowest BCUT2D eigenvalue weighted by molar-refractivity contribution is 0.415. The van der Waals surface area contributed by atoms with Gasteiger partial charge in [0.2, 0.25) is 16.5 Å². The number of ether oxygens (including phenoxy) is 1. The van der Waals surface area contributed by atoms with Crippen LogP contribution in [0.1, 0.15) is 5.56 Å². The zero-order chi connectivity index (χ0) is 13.1. The maximum Gasteiger partial charge on any atom is 0.232 e. The Labute approximate surface area is 114 Å². The summed E-state index contributed by atoms with van der Waals surface area (Å²) in [5, 5.41) is 3.10. The van der Waals surface area contributed by atoms with E-state index in [2.05, 4.69) is 20.3 Å². The molecule has 0 amide bonds. The molecule has 0 unspecified atom stereocenters. The molecule has 1 N–H and O–H groups in total. The molecule has 0 fully saturated rings. The maximum atomic E-state index is 5.70. The third-order valence-corrected chi connectivity index (χ3v) is 2.61. The molecule has 0 aliphatic heterocycles. The van der Waals surface area contributed by atoms with E-state index >= 15 is 0 Å². The summed E-state index contributed by atoms with van der Waals surface area (Å²) >= 11 is 11.4. The van der Waals surface area contributed by atoms with Crippen LogP contribution in [0.4, 0.5) is 11.6 Å². The Balaban J connectivity index is 2.33. The molecule has 2 aromatic rings. The molecule has 0 spiro atoms. The van der Waals surface area contributed by atoms with E-state index < -0.39 is 0 Å². The summed E-state index contributed by atoms with van der Waals surface area (Å²) in [5.74, 6) is 1.02. The maximum absolute atomic E-state index is 5.70. The fourth-order valence-electron chi connectivity index (χ4n) is 1.37. The van der Waals surface area contributed by atoms with Gasteiger partial charge in [0.15, 0.2) is 0 Å². The number of aromatic nitrogens is 3. The lowest BCUT2D eigenvalue weighted by Crippen LogP contribution is -2.01. The van der Waals surface area contributed by atoms with E-state index in [1.807, 2.05) is 25.1 Å². The van der Waals surface area contributed by atoms with Crippen LogP contribution in [0.3, 0.4) is 0 Å². The minimum absolute atomic E-state index is 0.0399. The first-order valence-corrected chi connectivity index (χ1v) is 5.83. The molecule has 2 rings (SSSR count). The number of nitrogens with zero attached hydrogens (tertiary/aromatic N) is 3. The fraction of sp³-hybridized carbons (Fsp3) is 0.182. The van der Waals surface area contributed by atoms with Crippen LogP contribution in [0.2, 0.25) is 10.6 Å². The van der Waals surface area contributed by atoms with Crippen molar-refractivity contribution in [3.8, 4) is 5.75 Å². The number of aryl methyl sites for hydroxylation is 1. The van der Waals surface area contributed by atoms with Crippen molar-refractivity contribution in [1.82, 2.24) is 15.0 Å². The van der Waals surface area contributed by atoms with Gasteiger partial charge in [-0.05, 0) is 41.8 Å². The predicted octanol–water partition coefficient (Wildman–Crippen LogP) is 3.24. The van der Waals surface area contributed by atoms with Crippen LogP contribution in [0.25, 0.3) is 0 Å². The zero-order valence-corrected chi connectivity index (χ0v) is 11.2. The average Bonchev–Trinajstić information content (AvgIpc) is 2.30. The highest BCUT2D eigenvalue weighted by Crippen LogP contribution is 2.24. The second kappa shape index (κ2) is 5.37. The van der Waals surface area contributed by atoms with Crippen LogP contribution in [0, 0.1) is 6.92 Å². The standard InChI is InChI=1S/C11H10Cl2N4O/c1-6-3-4-7(18-2)5-8(6)14-11-16-9(12)15-10(13)17-11/h3-5H,1-2H3,(H,14,15,16,17). The van der Waals surface area contributed by atoms with E-state index in [0.29, 0.717) is 0 Å². The second-order valence-electron chi connectivity index (χ2n) is 3.50. The monoisotopic (exact) mass is 284 g/mol. The van der Waals surface area contributed by atoms with Crippen molar-refractivity contribution in [2.75, 3.05) is 12.4 Å². The first kappa shape index (κ1) is 12.9. The third-order valence-electron chi connectivity index (χ3n) is 2.27. The molecule has 0 aliphatic carbocycles. The topological polar surface area (TPSA) is 59.9 Å². The lowest BCUT2D eigenvalue weighted by Gasteiger charge is -2.09. The number of anilines is 2. The van der Waals surface area contributed by atoms with Crippen molar-refractivity contribution >= 4 is 34.8 Å². The van der Waals surface area contributed by atoms with Gasteiger partial charge in [-0.3, -0.25) is 0 Å². The summed E-state index contributed by atoms with van der Waals surface area (Å²) in [6, 6.07) is 5.63. The third kappa shape index (κ3) is 3.00. The van der Waals surface area contributed by atoms with Crippen LogP contribution in [0.5, 0.6) is 5.75 Å². The van der Waals surface area contributed by atoms with Crippen LogP contribution < -0.4 is 10.1 Å². The van der Waals surface area contributed by atoms with Gasteiger partial charge in [0.1, 0.15) is 5.75 Å². The molecule has 18 heavy (non-hydrogen) atoms. The zero-order valence-electron chi connectivity index (χ0n) is 9.74. The van der Waals surface area contributed by atoms with Gasteiger partial charge in [0.05, 0.1) is 7.11 Å². The molecule has 5 nitrogen and oxygen atoms in total. The number of hydrogen-bond donors (Lipinski definition) is 1. The van der Waals surface area contributed by atoms with Crippen molar-refractivity contribution in [3.05, 3.63) is 34.3 Å². The normalized spacial score (nSPS) is 10.2. The van der Waals surface area contributed by atoms with Gasteiger partial charge in [-0.15, -0.1) is 0 Å². The Bertz CT molecular complexity index is 557. The summed E-state index contributed by atoms with van der Waals surface area (Å²) in [7, 11) is 1.60. The fourth-order valence-corrected chi connectivity index (χ4v) is 1.73. The Morgan fingerprint density at radius 3 is 2.39 bits per heavy atom. The van der Waals surface area contributed by atoms with Crippen molar-refractivity contribution in [1.29, 1.82) is 0 Å². The Morgan fingerprint density at radius 1 is 1.11 bits per heavy atom. The van der Waals surface area contributed by atoms with Gasteiger partial charge in [-0.1, -0.05) is 6.07 Å². The molecule has 0 bridgehead atoms. The molecule has 0 saturated carbocycles. The first-order valence-electron chi connectivity index (χ1n) is 5.07. The Hall–Kier alpha value is -1.59. The molecule has 0 saturated heterocycles. The van der Waals surface area contributed by atoms with Crippen molar-refractivity contribution in [2.24, 2.45) is 0 Å². The van der Waals surface area contributed by atoms with E-state index in [-0.39, 0.29) is 16.5 Å². The molecular weight excluding hydrogens is 275 g/mol. The molecule has 1 aromatic carbocycles. The summed E-state index contributed by atoms with van der Waals surface area (Å²) < 4.78 is 5.15. The van der Waals surface area contributed by atoms with Crippen LogP contribution in [-0.2, 0) is 0 Å². The van der Waals surface area contributed by atoms with E-state index in [0.717, 1.165) is 17.0 Å². The molecule has 1 aromatic heterocycles. The molecule has 7 heteroatoms. The summed E-state index contributed by atoms with van der Waals surface area (Å²) in [6.07, 6.45) is 0. The molecule has 0 aliphatic rings. The smallest absolute Gasteiger partial charge is 0.232 e. The molecule has 1 heterocycles. The number of nitrogens with one attached hydrogen (secondary N) is 1. The van der Waals surface area contributed by atoms with Crippen molar-refractivity contribution < 1.29 is 4.74 Å². The molecule has 94 valence electrons. The highest BCUT2D eigenvalue weighted by atomic mass is 35.5. The number of benzene rings is 1. The van der Waals surface area contributed by atoms with Gasteiger partial charge in [0, 0.05) is 11.8 Å². The van der Waals surface area contributed by atoms with Gasteiger partial charge < -0.3 is 10.1 Å². The lowest BCUT2D eigenvalue weighted by atomic mass is 10.2. The highest BCUT2D eigenvalue weighted by molar-refractivity contribution is 6.31. The minimum atomic E-state index is 0.0399.